The van der Waals surface area contributed by atoms with Crippen LogP contribution < -0.4 is 21.3 Å². The van der Waals surface area contributed by atoms with Gasteiger partial charge in [0.05, 0.1) is 17.9 Å². The molecule has 0 saturated carbocycles. The van der Waals surface area contributed by atoms with Gasteiger partial charge in [0.15, 0.2) is 17.4 Å². The summed E-state index contributed by atoms with van der Waals surface area (Å²) in [7, 11) is 0. The lowest BCUT2D eigenvalue weighted by atomic mass is 10.1. The molecule has 5 rings (SSSR count). The Hall–Kier alpha value is -5.47. The van der Waals surface area contributed by atoms with Crippen LogP contribution in [0.15, 0.2) is 52.6 Å². The standard InChI is InChI=1S/C32H33F2N7O6/c1-17(2)40-14-20(29(43)41(30(40)44)26-8-7-18(3)13-35-26)27(42)38-23-11-22(34)25(12-21(23)33)46-28-19-9-10-39(15-24(19)36-16-37-28)31(45)47-32(4,5)6/h7-8,11-14,16-17H,9-10,15H2,1-6H3,(H,38,42). The molecule has 2 amide bonds. The van der Waals surface area contributed by atoms with E-state index in [1.807, 2.05) is 0 Å². The summed E-state index contributed by atoms with van der Waals surface area (Å²) in [6.07, 6.45) is 3.49. The molecule has 0 radical (unpaired) electrons. The minimum atomic E-state index is -1.07. The van der Waals surface area contributed by atoms with Gasteiger partial charge in [-0.2, -0.15) is 0 Å². The summed E-state index contributed by atoms with van der Waals surface area (Å²) in [5.41, 5.74) is -1.68. The number of hydrogen-bond acceptors (Lipinski definition) is 9. The van der Waals surface area contributed by atoms with Gasteiger partial charge in [0.25, 0.3) is 11.5 Å². The molecule has 246 valence electrons. The van der Waals surface area contributed by atoms with Crippen LogP contribution in [0.3, 0.4) is 0 Å². The van der Waals surface area contributed by atoms with E-state index in [1.54, 1.807) is 47.6 Å². The van der Waals surface area contributed by atoms with Crippen LogP contribution in [0.1, 0.15) is 67.8 Å². The maximum Gasteiger partial charge on any atom is 0.410 e. The highest BCUT2D eigenvalue weighted by Crippen LogP contribution is 2.32. The number of carbonyl (C=O) groups is 2. The number of pyridine rings is 1. The lowest BCUT2D eigenvalue weighted by Crippen LogP contribution is -2.43. The predicted octanol–water partition coefficient (Wildman–Crippen LogP) is 4.69. The van der Waals surface area contributed by atoms with E-state index in [2.05, 4.69) is 20.3 Å². The molecule has 13 nitrogen and oxygen atoms in total. The zero-order valence-electron chi connectivity index (χ0n) is 26.6. The average Bonchev–Trinajstić information content (AvgIpc) is 2.99. The Morgan fingerprint density at radius 1 is 1.04 bits per heavy atom. The molecule has 3 aromatic heterocycles. The van der Waals surface area contributed by atoms with Crippen LogP contribution in [0, 0.1) is 18.6 Å². The van der Waals surface area contributed by atoms with Crippen LogP contribution in [0.2, 0.25) is 0 Å². The lowest BCUT2D eigenvalue weighted by Gasteiger charge is -2.30. The van der Waals surface area contributed by atoms with Gasteiger partial charge in [-0.3, -0.25) is 14.2 Å². The normalized spacial score (nSPS) is 12.9. The Kier molecular flexibility index (Phi) is 8.91. The number of hydrogen-bond donors (Lipinski definition) is 1. The van der Waals surface area contributed by atoms with Crippen molar-refractivity contribution in [3.05, 3.63) is 97.8 Å². The second-order valence-corrected chi connectivity index (χ2v) is 12.2. The summed E-state index contributed by atoms with van der Waals surface area (Å²) in [6, 6.07) is 4.10. The summed E-state index contributed by atoms with van der Waals surface area (Å²) in [4.78, 5) is 66.2. The van der Waals surface area contributed by atoms with Gasteiger partial charge in [0, 0.05) is 42.7 Å². The summed E-state index contributed by atoms with van der Waals surface area (Å²) >= 11 is 0. The Balaban J connectivity index is 1.40. The Labute approximate surface area is 267 Å². The minimum absolute atomic E-state index is 0.00200. The molecule has 0 spiro atoms. The smallest absolute Gasteiger partial charge is 0.410 e. The minimum Gasteiger partial charge on any atom is -0.444 e. The largest absolute Gasteiger partial charge is 0.444 e. The summed E-state index contributed by atoms with van der Waals surface area (Å²) in [6.45, 7) is 10.8. The summed E-state index contributed by atoms with van der Waals surface area (Å²) in [5, 5.41) is 2.22. The highest BCUT2D eigenvalue weighted by atomic mass is 19.1. The number of rotatable bonds is 6. The molecule has 1 aliphatic heterocycles. The molecule has 1 N–H and O–H groups in total. The maximum atomic E-state index is 15.3. The third kappa shape index (κ3) is 7.03. The highest BCUT2D eigenvalue weighted by Gasteiger charge is 2.29. The maximum absolute atomic E-state index is 15.3. The van der Waals surface area contributed by atoms with Crippen LogP contribution in [-0.4, -0.2) is 53.1 Å². The van der Waals surface area contributed by atoms with Gasteiger partial charge >= 0.3 is 11.8 Å². The number of halogens is 2. The lowest BCUT2D eigenvalue weighted by molar-refractivity contribution is 0.0219. The van der Waals surface area contributed by atoms with Crippen LogP contribution in [0.4, 0.5) is 19.3 Å². The topological polar surface area (TPSA) is 151 Å². The molecule has 4 aromatic rings. The first-order valence-corrected chi connectivity index (χ1v) is 14.7. The average molecular weight is 650 g/mol. The number of nitrogens with one attached hydrogen (secondary N) is 1. The number of carbonyl (C=O) groups excluding carboxylic acids is 2. The third-order valence-electron chi connectivity index (χ3n) is 7.14. The molecule has 1 aliphatic rings. The van der Waals surface area contributed by atoms with Crippen molar-refractivity contribution in [1.82, 2.24) is 29.0 Å². The SMILES string of the molecule is Cc1ccc(-n2c(=O)c(C(=O)Nc3cc(F)c(Oc4ncnc5c4CCN(C(=O)OC(C)(C)C)C5)cc3F)cn(C(C)C)c2=O)nc1. The highest BCUT2D eigenvalue weighted by molar-refractivity contribution is 6.04. The molecule has 0 atom stereocenters. The fourth-order valence-corrected chi connectivity index (χ4v) is 4.78. The zero-order valence-corrected chi connectivity index (χ0v) is 26.6. The van der Waals surface area contributed by atoms with E-state index in [0.29, 0.717) is 17.3 Å². The number of amides is 2. The quantitative estimate of drug-likeness (QED) is 0.314. The molecule has 0 unspecified atom stereocenters. The molecule has 4 heterocycles. The number of nitrogens with zero attached hydrogens (tertiary/aromatic N) is 6. The van der Waals surface area contributed by atoms with Crippen LogP contribution in [-0.2, 0) is 17.7 Å². The third-order valence-corrected chi connectivity index (χ3v) is 7.14. The molecule has 0 saturated heterocycles. The number of aryl methyl sites for hydroxylation is 1. The summed E-state index contributed by atoms with van der Waals surface area (Å²) in [5.74, 6) is -3.71. The zero-order chi connectivity index (χ0) is 34.2. The van der Waals surface area contributed by atoms with Crippen molar-refractivity contribution < 1.29 is 27.8 Å². The first kappa shape index (κ1) is 32.9. The Bertz CT molecular complexity index is 1980. The van der Waals surface area contributed by atoms with Crippen LogP contribution in [0.5, 0.6) is 11.6 Å². The van der Waals surface area contributed by atoms with Crippen molar-refractivity contribution in [2.24, 2.45) is 0 Å². The van der Waals surface area contributed by atoms with Gasteiger partial charge < -0.3 is 19.7 Å². The van der Waals surface area contributed by atoms with Crippen LogP contribution >= 0.6 is 0 Å². The van der Waals surface area contributed by atoms with E-state index in [1.165, 1.54) is 28.1 Å². The molecular formula is C32H33F2N7O6. The molecule has 1 aromatic carbocycles. The number of ether oxygens (including phenoxy) is 2. The van der Waals surface area contributed by atoms with E-state index in [-0.39, 0.29) is 31.2 Å². The van der Waals surface area contributed by atoms with E-state index < -0.39 is 63.5 Å². The molecule has 0 bridgehead atoms. The van der Waals surface area contributed by atoms with Crippen molar-refractivity contribution in [3.63, 3.8) is 0 Å². The number of anilines is 1. The first-order valence-electron chi connectivity index (χ1n) is 14.7. The first-order chi connectivity index (χ1) is 22.1. The summed E-state index contributed by atoms with van der Waals surface area (Å²) < 4.78 is 43.5. The second kappa shape index (κ2) is 12.7. The monoisotopic (exact) mass is 649 g/mol. The number of fused-ring (bicyclic) bond motifs is 1. The molecule has 47 heavy (non-hydrogen) atoms. The number of benzene rings is 1. The molecular weight excluding hydrogens is 616 g/mol. The van der Waals surface area contributed by atoms with Gasteiger partial charge in [-0.15, -0.1) is 0 Å². The van der Waals surface area contributed by atoms with Crippen molar-refractivity contribution in [1.29, 1.82) is 0 Å². The van der Waals surface area contributed by atoms with Gasteiger partial charge in [0.2, 0.25) is 5.88 Å². The van der Waals surface area contributed by atoms with Gasteiger partial charge in [-0.05, 0) is 59.6 Å². The van der Waals surface area contributed by atoms with Crippen molar-refractivity contribution in [2.45, 2.75) is 66.2 Å². The fourth-order valence-electron chi connectivity index (χ4n) is 4.78. The Morgan fingerprint density at radius 2 is 1.79 bits per heavy atom. The van der Waals surface area contributed by atoms with Crippen molar-refractivity contribution >= 4 is 17.7 Å². The Morgan fingerprint density at radius 3 is 2.45 bits per heavy atom. The van der Waals surface area contributed by atoms with Gasteiger partial charge in [0.1, 0.15) is 23.3 Å². The predicted molar refractivity (Wildman–Crippen MR) is 166 cm³/mol. The molecule has 15 heteroatoms. The van der Waals surface area contributed by atoms with E-state index >= 15 is 8.78 Å². The van der Waals surface area contributed by atoms with E-state index in [9.17, 15) is 19.2 Å². The number of aromatic nitrogens is 5. The molecule has 0 aliphatic carbocycles. The second-order valence-electron chi connectivity index (χ2n) is 12.2. The van der Waals surface area contributed by atoms with Crippen LogP contribution in [0.25, 0.3) is 5.82 Å². The van der Waals surface area contributed by atoms with E-state index in [4.69, 9.17) is 9.47 Å². The van der Waals surface area contributed by atoms with Gasteiger partial charge in [-0.1, -0.05) is 6.07 Å². The van der Waals surface area contributed by atoms with Gasteiger partial charge in [-0.25, -0.2) is 37.9 Å². The van der Waals surface area contributed by atoms with Crippen molar-refractivity contribution in [2.75, 3.05) is 11.9 Å². The fraction of sp³-hybridized carbons (Fsp3) is 0.344. The van der Waals surface area contributed by atoms with E-state index in [0.717, 1.165) is 22.4 Å². The van der Waals surface area contributed by atoms with Crippen molar-refractivity contribution in [3.8, 4) is 17.4 Å². The molecule has 0 fully saturated rings.